The first-order chi connectivity index (χ1) is 6.18. The monoisotopic (exact) mass is 181 g/mol. The summed E-state index contributed by atoms with van der Waals surface area (Å²) in [5.41, 5.74) is 0. The van der Waals surface area contributed by atoms with E-state index in [0.29, 0.717) is 23.8 Å². The molecule has 0 heterocycles. The number of hydrogen-bond donors (Lipinski definition) is 1. The highest BCUT2D eigenvalue weighted by Crippen LogP contribution is 2.38. The van der Waals surface area contributed by atoms with Gasteiger partial charge in [0.1, 0.15) is 0 Å². The van der Waals surface area contributed by atoms with Gasteiger partial charge in [0.05, 0.1) is 0 Å². The third-order valence-corrected chi connectivity index (χ3v) is 3.67. The van der Waals surface area contributed by atoms with E-state index in [1.807, 2.05) is 0 Å². The number of nitrogens with one attached hydrogen (secondary N) is 1. The highest BCUT2D eigenvalue weighted by atomic mass is 16.2. The van der Waals surface area contributed by atoms with E-state index in [9.17, 15) is 4.79 Å². The van der Waals surface area contributed by atoms with Gasteiger partial charge in [-0.15, -0.1) is 0 Å². The first-order valence-electron chi connectivity index (χ1n) is 5.49. The molecule has 0 aliphatic heterocycles. The minimum absolute atomic E-state index is 0.298. The molecule has 13 heavy (non-hydrogen) atoms. The quantitative estimate of drug-likeness (QED) is 0.708. The molecule has 2 aliphatic rings. The number of carbonyl (C=O) groups excluding carboxylic acids is 1. The minimum atomic E-state index is 0.298. The van der Waals surface area contributed by atoms with Gasteiger partial charge in [-0.2, -0.15) is 0 Å². The summed E-state index contributed by atoms with van der Waals surface area (Å²) in [5, 5.41) is 3.14. The van der Waals surface area contributed by atoms with Crippen molar-refractivity contribution >= 4 is 5.91 Å². The SMILES string of the molecule is C[C@H](NC(=O)[C@@H]1C[C@H]1C)C1CCC1. The molecule has 2 rings (SSSR count). The van der Waals surface area contributed by atoms with Crippen molar-refractivity contribution in [3.05, 3.63) is 0 Å². The Hall–Kier alpha value is -0.530. The summed E-state index contributed by atoms with van der Waals surface area (Å²) >= 11 is 0. The van der Waals surface area contributed by atoms with Crippen molar-refractivity contribution in [2.45, 2.75) is 45.6 Å². The summed E-state index contributed by atoms with van der Waals surface area (Å²) in [6.07, 6.45) is 5.07. The number of rotatable bonds is 3. The van der Waals surface area contributed by atoms with Gasteiger partial charge in [-0.05, 0) is 38.0 Å². The van der Waals surface area contributed by atoms with Crippen LogP contribution in [0.1, 0.15) is 39.5 Å². The standard InChI is InChI=1S/C11H19NO/c1-7-6-10(7)11(13)12-8(2)9-4-3-5-9/h7-10H,3-6H2,1-2H3,(H,12,13)/t7-,8+,10-/m1/s1. The first-order valence-corrected chi connectivity index (χ1v) is 5.49. The second-order valence-corrected chi connectivity index (χ2v) is 4.81. The molecule has 0 spiro atoms. The second-order valence-electron chi connectivity index (χ2n) is 4.81. The molecular formula is C11H19NO. The average molecular weight is 181 g/mol. The molecule has 0 unspecified atom stereocenters. The van der Waals surface area contributed by atoms with E-state index in [0.717, 1.165) is 12.3 Å². The van der Waals surface area contributed by atoms with E-state index in [1.54, 1.807) is 0 Å². The normalized spacial score (nSPS) is 34.9. The maximum Gasteiger partial charge on any atom is 0.223 e. The predicted octanol–water partition coefficient (Wildman–Crippen LogP) is 1.95. The molecule has 0 radical (unpaired) electrons. The van der Waals surface area contributed by atoms with Gasteiger partial charge in [0.2, 0.25) is 5.91 Å². The minimum Gasteiger partial charge on any atom is -0.353 e. The van der Waals surface area contributed by atoms with Crippen molar-refractivity contribution in [3.63, 3.8) is 0 Å². The molecule has 2 aliphatic carbocycles. The molecule has 0 aromatic rings. The Morgan fingerprint density at radius 1 is 1.46 bits per heavy atom. The summed E-state index contributed by atoms with van der Waals surface area (Å²) in [4.78, 5) is 11.6. The van der Waals surface area contributed by atoms with Crippen LogP contribution in [0.3, 0.4) is 0 Å². The zero-order chi connectivity index (χ0) is 9.42. The Bertz CT molecular complexity index is 210. The van der Waals surface area contributed by atoms with Crippen LogP contribution in [0.5, 0.6) is 0 Å². The van der Waals surface area contributed by atoms with Gasteiger partial charge < -0.3 is 5.32 Å². The lowest BCUT2D eigenvalue weighted by Crippen LogP contribution is -2.41. The molecular weight excluding hydrogens is 162 g/mol. The zero-order valence-electron chi connectivity index (χ0n) is 8.55. The van der Waals surface area contributed by atoms with E-state index in [4.69, 9.17) is 0 Å². The van der Waals surface area contributed by atoms with Gasteiger partial charge in [0, 0.05) is 12.0 Å². The highest BCUT2D eigenvalue weighted by molar-refractivity contribution is 5.81. The maximum absolute atomic E-state index is 11.6. The smallest absolute Gasteiger partial charge is 0.223 e. The molecule has 0 bridgehead atoms. The van der Waals surface area contributed by atoms with Crippen LogP contribution in [0.25, 0.3) is 0 Å². The summed E-state index contributed by atoms with van der Waals surface area (Å²) in [6.45, 7) is 4.30. The Morgan fingerprint density at radius 3 is 2.46 bits per heavy atom. The van der Waals surface area contributed by atoms with Crippen molar-refractivity contribution in [1.82, 2.24) is 5.32 Å². The lowest BCUT2D eigenvalue weighted by Gasteiger charge is -2.31. The van der Waals surface area contributed by atoms with Gasteiger partial charge in [-0.25, -0.2) is 0 Å². The van der Waals surface area contributed by atoms with E-state index in [1.165, 1.54) is 19.3 Å². The van der Waals surface area contributed by atoms with Gasteiger partial charge in [0.15, 0.2) is 0 Å². The van der Waals surface area contributed by atoms with Gasteiger partial charge in [-0.1, -0.05) is 13.3 Å². The molecule has 0 aromatic carbocycles. The predicted molar refractivity (Wildman–Crippen MR) is 52.2 cm³/mol. The molecule has 3 atom stereocenters. The summed E-state index contributed by atoms with van der Waals surface area (Å²) in [7, 11) is 0. The number of carbonyl (C=O) groups is 1. The van der Waals surface area contributed by atoms with E-state index in [-0.39, 0.29) is 0 Å². The van der Waals surface area contributed by atoms with Crippen molar-refractivity contribution in [1.29, 1.82) is 0 Å². The Labute approximate surface area is 80.1 Å². The average Bonchev–Trinajstić information content (AvgIpc) is 2.62. The molecule has 2 saturated carbocycles. The van der Waals surface area contributed by atoms with Crippen molar-refractivity contribution in [2.75, 3.05) is 0 Å². The lowest BCUT2D eigenvalue weighted by atomic mass is 9.80. The third-order valence-electron chi connectivity index (χ3n) is 3.67. The Kier molecular flexibility index (Phi) is 2.31. The molecule has 1 amide bonds. The van der Waals surface area contributed by atoms with Crippen molar-refractivity contribution < 1.29 is 4.79 Å². The van der Waals surface area contributed by atoms with Crippen LogP contribution >= 0.6 is 0 Å². The topological polar surface area (TPSA) is 29.1 Å². The van der Waals surface area contributed by atoms with E-state index < -0.39 is 0 Å². The van der Waals surface area contributed by atoms with Crippen LogP contribution in [-0.2, 0) is 4.79 Å². The number of hydrogen-bond acceptors (Lipinski definition) is 1. The van der Waals surface area contributed by atoms with Crippen LogP contribution < -0.4 is 5.32 Å². The van der Waals surface area contributed by atoms with Crippen LogP contribution in [0.4, 0.5) is 0 Å². The fraction of sp³-hybridized carbons (Fsp3) is 0.909. The van der Waals surface area contributed by atoms with Gasteiger partial charge in [-0.3, -0.25) is 4.79 Å². The van der Waals surface area contributed by atoms with Crippen LogP contribution in [0.15, 0.2) is 0 Å². The second kappa shape index (κ2) is 3.32. The van der Waals surface area contributed by atoms with Crippen LogP contribution in [0, 0.1) is 17.8 Å². The largest absolute Gasteiger partial charge is 0.353 e. The van der Waals surface area contributed by atoms with Crippen LogP contribution in [0.2, 0.25) is 0 Å². The fourth-order valence-corrected chi connectivity index (χ4v) is 2.08. The number of amides is 1. The summed E-state index contributed by atoms with van der Waals surface area (Å²) in [6, 6.07) is 0.411. The summed E-state index contributed by atoms with van der Waals surface area (Å²) in [5.74, 6) is 2.03. The highest BCUT2D eigenvalue weighted by Gasteiger charge is 2.40. The van der Waals surface area contributed by atoms with Gasteiger partial charge >= 0.3 is 0 Å². The molecule has 1 N–H and O–H groups in total. The van der Waals surface area contributed by atoms with E-state index >= 15 is 0 Å². The summed E-state index contributed by atoms with van der Waals surface area (Å²) < 4.78 is 0. The van der Waals surface area contributed by atoms with E-state index in [2.05, 4.69) is 19.2 Å². The third kappa shape index (κ3) is 1.87. The molecule has 0 saturated heterocycles. The van der Waals surface area contributed by atoms with Crippen molar-refractivity contribution in [2.24, 2.45) is 17.8 Å². The molecule has 0 aromatic heterocycles. The lowest BCUT2D eigenvalue weighted by molar-refractivity contribution is -0.123. The maximum atomic E-state index is 11.6. The molecule has 2 fully saturated rings. The Morgan fingerprint density at radius 2 is 2.08 bits per heavy atom. The first kappa shape index (κ1) is 9.04. The Balaban J connectivity index is 1.73. The fourth-order valence-electron chi connectivity index (χ4n) is 2.08. The van der Waals surface area contributed by atoms with Crippen molar-refractivity contribution in [3.8, 4) is 0 Å². The van der Waals surface area contributed by atoms with Gasteiger partial charge in [0.25, 0.3) is 0 Å². The molecule has 74 valence electrons. The van der Waals surface area contributed by atoms with Crippen LogP contribution in [-0.4, -0.2) is 11.9 Å². The molecule has 2 heteroatoms. The molecule has 2 nitrogen and oxygen atoms in total. The zero-order valence-corrected chi connectivity index (χ0v) is 8.55.